The molecule has 0 aliphatic heterocycles. The molecular weight excluding hydrogens is 349 g/mol. The van der Waals surface area contributed by atoms with Gasteiger partial charge in [0.25, 0.3) is 7.82 Å². The Morgan fingerprint density at radius 1 is 0.654 bits per heavy atom. The van der Waals surface area contributed by atoms with E-state index >= 15 is 0 Å². The molecule has 2 N–H and O–H groups in total. The molecule has 0 aromatic rings. The number of quaternary nitrogens is 1. The second-order valence-corrected chi connectivity index (χ2v) is 9.10. The minimum absolute atomic E-state index is 1.24. The molecule has 0 aliphatic rings. The third kappa shape index (κ3) is 31.8. The van der Waals surface area contributed by atoms with Crippen LogP contribution in [0.3, 0.4) is 0 Å². The summed E-state index contributed by atoms with van der Waals surface area (Å²) in [4.78, 5) is 22.9. The molecular formula is C20H46NO4P. The highest BCUT2D eigenvalue weighted by atomic mass is 31.2. The van der Waals surface area contributed by atoms with Gasteiger partial charge in [-0.1, -0.05) is 78.1 Å². The molecule has 0 heterocycles. The number of hydrogen-bond acceptors (Lipinski definition) is 2. The van der Waals surface area contributed by atoms with Gasteiger partial charge in [-0.25, -0.2) is 0 Å². The standard InChI is InChI=1S/C20H44N.H3O4P/c1-5-7-9-11-13-15-17-19-21(3,4)20-18-16-14-12-10-8-6-2;1-5(2,3)4/h5-20H2,1-4H3;(H3,1,2,3,4)/q+1;/p-1. The van der Waals surface area contributed by atoms with E-state index in [1.807, 2.05) is 0 Å². The lowest BCUT2D eigenvalue weighted by Crippen LogP contribution is -2.41. The molecule has 0 fully saturated rings. The summed E-state index contributed by atoms with van der Waals surface area (Å²) in [5, 5.41) is 0. The van der Waals surface area contributed by atoms with Crippen molar-refractivity contribution >= 4 is 7.82 Å². The third-order valence-electron chi connectivity index (χ3n) is 4.73. The molecule has 0 atom stereocenters. The van der Waals surface area contributed by atoms with Gasteiger partial charge in [0.2, 0.25) is 0 Å². The number of unbranched alkanes of at least 4 members (excludes halogenated alkanes) is 12. The molecule has 0 spiro atoms. The van der Waals surface area contributed by atoms with Crippen LogP contribution in [0.25, 0.3) is 0 Å². The number of nitrogens with zero attached hydrogens (tertiary/aromatic N) is 1. The van der Waals surface area contributed by atoms with Crippen LogP contribution in [0.4, 0.5) is 0 Å². The average molecular weight is 396 g/mol. The monoisotopic (exact) mass is 395 g/mol. The molecule has 0 unspecified atom stereocenters. The van der Waals surface area contributed by atoms with Crippen molar-refractivity contribution in [3.8, 4) is 0 Å². The van der Waals surface area contributed by atoms with E-state index in [4.69, 9.17) is 19.2 Å². The topological polar surface area (TPSA) is 80.6 Å². The van der Waals surface area contributed by atoms with Crippen LogP contribution in [0.2, 0.25) is 0 Å². The van der Waals surface area contributed by atoms with E-state index in [-0.39, 0.29) is 0 Å². The molecule has 0 aromatic carbocycles. The molecule has 6 heteroatoms. The average Bonchev–Trinajstić information content (AvgIpc) is 2.51. The van der Waals surface area contributed by atoms with Crippen molar-refractivity contribution in [2.24, 2.45) is 0 Å². The van der Waals surface area contributed by atoms with Crippen molar-refractivity contribution in [2.75, 3.05) is 27.2 Å². The van der Waals surface area contributed by atoms with Gasteiger partial charge in [-0.2, -0.15) is 0 Å². The molecule has 0 rings (SSSR count). The van der Waals surface area contributed by atoms with Crippen LogP contribution in [0, 0.1) is 0 Å². The second-order valence-electron chi connectivity index (χ2n) is 8.12. The summed E-state index contributed by atoms with van der Waals surface area (Å²) in [6.07, 6.45) is 20.1. The first kappa shape index (κ1) is 28.3. The Morgan fingerprint density at radius 3 is 1.15 bits per heavy atom. The first-order chi connectivity index (χ1) is 12.1. The fraction of sp³-hybridized carbons (Fsp3) is 1.00. The highest BCUT2D eigenvalue weighted by molar-refractivity contribution is 7.43. The van der Waals surface area contributed by atoms with E-state index in [0.29, 0.717) is 0 Å². The molecule has 0 amide bonds. The van der Waals surface area contributed by atoms with E-state index in [1.54, 1.807) is 0 Å². The molecule has 5 nitrogen and oxygen atoms in total. The number of rotatable bonds is 16. The fourth-order valence-electron chi connectivity index (χ4n) is 3.11. The zero-order valence-electron chi connectivity index (χ0n) is 17.9. The lowest BCUT2D eigenvalue weighted by Gasteiger charge is -2.30. The van der Waals surface area contributed by atoms with Crippen molar-refractivity contribution in [3.05, 3.63) is 0 Å². The Hall–Kier alpha value is 0.0700. The van der Waals surface area contributed by atoms with Crippen molar-refractivity contribution in [3.63, 3.8) is 0 Å². The van der Waals surface area contributed by atoms with Crippen molar-refractivity contribution in [1.29, 1.82) is 0 Å². The summed E-state index contributed by atoms with van der Waals surface area (Å²) in [5.41, 5.74) is 0. The van der Waals surface area contributed by atoms with E-state index in [0.717, 1.165) is 0 Å². The summed E-state index contributed by atoms with van der Waals surface area (Å²) in [5.74, 6) is 0. The molecule has 0 bridgehead atoms. The SMILES string of the molecule is CCCCCCCCC[N+](C)(C)CCCCCCCCC.O=P([O-])(O)O. The molecule has 26 heavy (non-hydrogen) atoms. The van der Waals surface area contributed by atoms with Crippen molar-refractivity contribution in [1.82, 2.24) is 0 Å². The van der Waals surface area contributed by atoms with Gasteiger partial charge in [-0.3, -0.25) is 4.57 Å². The molecule has 0 radical (unpaired) electrons. The van der Waals surface area contributed by atoms with Crippen molar-refractivity contribution in [2.45, 2.75) is 104 Å². The summed E-state index contributed by atoms with van der Waals surface area (Å²) in [6, 6.07) is 0. The smallest absolute Gasteiger partial charge is 0.262 e. The first-order valence-electron chi connectivity index (χ1n) is 10.7. The number of phosphoric acid groups is 1. The Kier molecular flexibility index (Phi) is 20.1. The predicted octanol–water partition coefficient (Wildman–Crippen LogP) is 5.00. The van der Waals surface area contributed by atoms with Crippen LogP contribution in [0.5, 0.6) is 0 Å². The molecule has 0 aromatic heterocycles. The summed E-state index contributed by atoms with van der Waals surface area (Å²) in [7, 11) is -0.0394. The lowest BCUT2D eigenvalue weighted by atomic mass is 10.1. The van der Waals surface area contributed by atoms with E-state index in [9.17, 15) is 0 Å². The third-order valence-corrected chi connectivity index (χ3v) is 4.73. The van der Waals surface area contributed by atoms with Crippen LogP contribution in [-0.2, 0) is 4.57 Å². The number of hydrogen-bond donors (Lipinski definition) is 2. The Balaban J connectivity index is 0. The van der Waals surface area contributed by atoms with Gasteiger partial charge in [-0.05, 0) is 25.7 Å². The van der Waals surface area contributed by atoms with Gasteiger partial charge in [0.05, 0.1) is 27.2 Å². The van der Waals surface area contributed by atoms with Gasteiger partial charge < -0.3 is 19.2 Å². The molecule has 0 saturated carbocycles. The maximum Gasteiger partial charge on any atom is 0.262 e. The van der Waals surface area contributed by atoms with Crippen LogP contribution >= 0.6 is 7.82 Å². The van der Waals surface area contributed by atoms with Crippen LogP contribution in [-0.4, -0.2) is 41.5 Å². The van der Waals surface area contributed by atoms with Crippen LogP contribution in [0.15, 0.2) is 0 Å². The van der Waals surface area contributed by atoms with Gasteiger partial charge in [0, 0.05) is 0 Å². The van der Waals surface area contributed by atoms with E-state index < -0.39 is 7.82 Å². The van der Waals surface area contributed by atoms with E-state index in [2.05, 4.69) is 27.9 Å². The van der Waals surface area contributed by atoms with Gasteiger partial charge >= 0.3 is 0 Å². The first-order valence-corrected chi connectivity index (χ1v) is 12.2. The molecule has 160 valence electrons. The Morgan fingerprint density at radius 2 is 0.885 bits per heavy atom. The second kappa shape index (κ2) is 18.4. The van der Waals surface area contributed by atoms with Gasteiger partial charge in [-0.15, -0.1) is 0 Å². The lowest BCUT2D eigenvalue weighted by molar-refractivity contribution is -0.890. The predicted molar refractivity (Wildman–Crippen MR) is 110 cm³/mol. The summed E-state index contributed by atoms with van der Waals surface area (Å²) < 4.78 is 10.0. The maximum atomic E-state index is 8.77. The minimum atomic E-state index is -4.89. The zero-order valence-corrected chi connectivity index (χ0v) is 18.8. The summed E-state index contributed by atoms with van der Waals surface area (Å²) >= 11 is 0. The highest BCUT2D eigenvalue weighted by Crippen LogP contribution is 2.19. The Labute approximate surface area is 163 Å². The highest BCUT2D eigenvalue weighted by Gasteiger charge is 2.13. The normalized spacial score (nSPS) is 12.0. The van der Waals surface area contributed by atoms with Gasteiger partial charge in [0.15, 0.2) is 0 Å². The largest absolute Gasteiger partial charge is 0.756 e. The molecule has 0 saturated heterocycles. The maximum absolute atomic E-state index is 8.77. The summed E-state index contributed by atoms with van der Waals surface area (Å²) in [6.45, 7) is 7.35. The van der Waals surface area contributed by atoms with Gasteiger partial charge in [0.1, 0.15) is 0 Å². The minimum Gasteiger partial charge on any atom is -0.756 e. The zero-order chi connectivity index (χ0) is 20.3. The Bertz CT molecular complexity index is 304. The molecule has 0 aliphatic carbocycles. The quantitative estimate of drug-likeness (QED) is 0.219. The van der Waals surface area contributed by atoms with Crippen LogP contribution < -0.4 is 4.89 Å². The fourth-order valence-corrected chi connectivity index (χ4v) is 3.11. The van der Waals surface area contributed by atoms with Crippen molar-refractivity contribution < 1.29 is 23.7 Å². The van der Waals surface area contributed by atoms with E-state index in [1.165, 1.54) is 107 Å². The van der Waals surface area contributed by atoms with Crippen LogP contribution in [0.1, 0.15) is 104 Å².